The van der Waals surface area contributed by atoms with Crippen molar-refractivity contribution in [3.63, 3.8) is 0 Å². The monoisotopic (exact) mass is 419 g/mol. The van der Waals surface area contributed by atoms with Crippen LogP contribution in [-0.2, 0) is 13.7 Å². The maximum absolute atomic E-state index is 12.0. The molecule has 3 aromatic rings. The van der Waals surface area contributed by atoms with E-state index in [2.05, 4.69) is 25.4 Å². The van der Waals surface area contributed by atoms with Gasteiger partial charge in [0.25, 0.3) is 5.19 Å². The summed E-state index contributed by atoms with van der Waals surface area (Å²) in [6.07, 6.45) is 1.48. The lowest BCUT2D eigenvalue weighted by molar-refractivity contribution is 0.301. The summed E-state index contributed by atoms with van der Waals surface area (Å²) in [5.41, 5.74) is 0.172. The van der Waals surface area contributed by atoms with Crippen molar-refractivity contribution in [2.75, 3.05) is 0 Å². The van der Waals surface area contributed by atoms with E-state index in [1.54, 1.807) is 5.38 Å². The molecule has 0 aromatic carbocycles. The second-order valence-corrected chi connectivity index (χ2v) is 5.64. The Labute approximate surface area is 137 Å². The molecule has 0 aliphatic rings. The summed E-state index contributed by atoms with van der Waals surface area (Å²) in [5.74, 6) is 0.306. The van der Waals surface area contributed by atoms with Crippen LogP contribution >= 0.6 is 33.9 Å². The van der Waals surface area contributed by atoms with Gasteiger partial charge >= 0.3 is 5.69 Å². The van der Waals surface area contributed by atoms with Gasteiger partial charge in [0.05, 0.1) is 6.93 Å². The van der Waals surface area contributed by atoms with E-state index >= 15 is 0 Å². The lowest BCUT2D eigenvalue weighted by atomic mass is 10.3. The summed E-state index contributed by atoms with van der Waals surface area (Å²) in [7, 11) is 1.50. The van der Waals surface area contributed by atoms with Crippen LogP contribution in [0.5, 0.6) is 5.19 Å². The van der Waals surface area contributed by atoms with Crippen LogP contribution < -0.4 is 10.4 Å². The van der Waals surface area contributed by atoms with Gasteiger partial charge in [0.15, 0.2) is 5.82 Å². The minimum atomic E-state index is -0.418. The number of thiazole rings is 1. The van der Waals surface area contributed by atoms with Gasteiger partial charge in [-0.15, -0.1) is 4.68 Å². The van der Waals surface area contributed by atoms with Gasteiger partial charge in [0.1, 0.15) is 16.6 Å². The third-order valence-corrected chi connectivity index (χ3v) is 4.06. The summed E-state index contributed by atoms with van der Waals surface area (Å²) in [5, 5.41) is 9.36. The molecule has 3 heterocycles. The first kappa shape index (κ1) is 12.8. The number of hydrogen-bond acceptors (Lipinski definition) is 8. The summed E-state index contributed by atoms with van der Waals surface area (Å²) in [6.45, 7) is 0.102. The van der Waals surface area contributed by atoms with Crippen molar-refractivity contribution in [2.24, 2.45) is 7.05 Å². The summed E-state index contributed by atoms with van der Waals surface area (Å²) < 4.78 is 15.7. The minimum Gasteiger partial charge on any atom is -0.465 e. The lowest BCUT2D eigenvalue weighted by Gasteiger charge is -2.08. The molecule has 11 heteroatoms. The van der Waals surface area contributed by atoms with E-state index in [-0.39, 0.29) is 12.8 Å². The van der Waals surface area contributed by atoms with E-state index in [0.29, 0.717) is 20.3 Å². The van der Waals surface area contributed by atoms with Crippen LogP contribution in [0, 0.1) is 3.70 Å². The van der Waals surface area contributed by atoms with Crippen molar-refractivity contribution in [2.45, 2.75) is 6.61 Å². The second kappa shape index (κ2) is 5.85. The van der Waals surface area contributed by atoms with Gasteiger partial charge in [0, 0.05) is 18.6 Å². The van der Waals surface area contributed by atoms with Crippen LogP contribution in [-0.4, -0.2) is 34.7 Å². The molecule has 3 aromatic heterocycles. The summed E-state index contributed by atoms with van der Waals surface area (Å²) in [4.78, 5) is 24.1. The molecule has 3 rings (SSSR count). The van der Waals surface area contributed by atoms with Gasteiger partial charge in [0.2, 0.25) is 0 Å². The number of aromatic nitrogens is 7. The topological polar surface area (TPSA) is 101 Å². The largest absolute Gasteiger partial charge is 0.465 e. The Balaban J connectivity index is 1.96. The first-order chi connectivity index (χ1) is 10.6. The van der Waals surface area contributed by atoms with Crippen LogP contribution in [0.15, 0.2) is 22.7 Å². The zero-order valence-electron chi connectivity index (χ0n) is 11.6. The van der Waals surface area contributed by atoms with Crippen LogP contribution in [0.4, 0.5) is 0 Å². The first-order valence-corrected chi connectivity index (χ1v) is 7.56. The Morgan fingerprint density at radius 3 is 2.95 bits per heavy atom. The minimum absolute atomic E-state index is 0.102. The van der Waals surface area contributed by atoms with Crippen LogP contribution in [0.2, 0.25) is 0 Å². The van der Waals surface area contributed by atoms with Crippen molar-refractivity contribution >= 4 is 33.9 Å². The maximum Gasteiger partial charge on any atom is 0.369 e. The molecule has 0 saturated heterocycles. The fraction of sp³-hybridized carbons (Fsp3) is 0.200. The highest BCUT2D eigenvalue weighted by molar-refractivity contribution is 14.1. The maximum atomic E-state index is 12.0. The molecule has 0 spiro atoms. The predicted molar refractivity (Wildman–Crippen MR) is 81.4 cm³/mol. The van der Waals surface area contributed by atoms with Gasteiger partial charge < -0.3 is 4.74 Å². The Kier molecular flexibility index (Phi) is 3.57. The molecule has 0 unspecified atom stereocenters. The standard InChI is InChI=1S/C10H8IN7O2S/c1-17-10(19)18(16-15-17)8-6(7(11)13-5-14-8)4-20-9-12-2-3-21-9/h2-3,5H,4H2,1H3/i2T. The molecular formula is C10H8IN7O2S. The number of ether oxygens (including phenoxy) is 1. The Hall–Kier alpha value is -1.89. The van der Waals surface area contributed by atoms with Crippen molar-refractivity contribution in [3.8, 4) is 11.0 Å². The molecule has 0 saturated carbocycles. The lowest BCUT2D eigenvalue weighted by Crippen LogP contribution is -2.24. The van der Waals surface area contributed by atoms with Crippen LogP contribution in [0.1, 0.15) is 6.93 Å². The van der Waals surface area contributed by atoms with E-state index in [1.807, 2.05) is 22.6 Å². The van der Waals surface area contributed by atoms with Gasteiger partial charge in [-0.2, -0.15) is 4.68 Å². The first-order valence-electron chi connectivity index (χ1n) is 6.10. The Bertz CT molecular complexity index is 876. The fourth-order valence-electron chi connectivity index (χ4n) is 1.52. The third kappa shape index (κ3) is 2.78. The van der Waals surface area contributed by atoms with E-state index < -0.39 is 5.69 Å². The van der Waals surface area contributed by atoms with Crippen LogP contribution in [0.3, 0.4) is 0 Å². The quantitative estimate of drug-likeness (QED) is 0.446. The Morgan fingerprint density at radius 2 is 2.29 bits per heavy atom. The number of aryl methyl sites for hydroxylation is 1. The molecule has 0 bridgehead atoms. The van der Waals surface area contributed by atoms with Crippen LogP contribution in [0.25, 0.3) is 5.82 Å². The van der Waals surface area contributed by atoms with E-state index in [4.69, 9.17) is 6.11 Å². The van der Waals surface area contributed by atoms with Crippen molar-refractivity contribution in [1.82, 2.24) is 34.7 Å². The molecule has 0 N–H and O–H groups in total. The van der Waals surface area contributed by atoms with Gasteiger partial charge in [-0.05, 0) is 33.0 Å². The van der Waals surface area contributed by atoms with Crippen molar-refractivity contribution < 1.29 is 6.11 Å². The van der Waals surface area contributed by atoms with Crippen molar-refractivity contribution in [3.05, 3.63) is 37.6 Å². The van der Waals surface area contributed by atoms with E-state index in [9.17, 15) is 4.79 Å². The summed E-state index contributed by atoms with van der Waals surface area (Å²) >= 11 is 3.24. The van der Waals surface area contributed by atoms with Crippen molar-refractivity contribution in [1.29, 1.82) is 0 Å². The fourth-order valence-corrected chi connectivity index (χ4v) is 2.48. The highest BCUT2D eigenvalue weighted by atomic mass is 127. The predicted octanol–water partition coefficient (Wildman–Crippen LogP) is 0.396. The number of rotatable bonds is 4. The average Bonchev–Trinajstić information content (AvgIpc) is 3.05. The number of tetrazole rings is 1. The molecule has 21 heavy (non-hydrogen) atoms. The second-order valence-electron chi connectivity index (χ2n) is 3.79. The molecule has 0 atom stereocenters. The normalized spacial score (nSPS) is 11.4. The molecule has 9 nitrogen and oxygen atoms in total. The number of halogens is 1. The van der Waals surface area contributed by atoms with E-state index in [0.717, 1.165) is 9.36 Å². The van der Waals surface area contributed by atoms with E-state index in [1.165, 1.54) is 24.7 Å². The zero-order chi connectivity index (χ0) is 15.7. The molecule has 0 aliphatic heterocycles. The number of nitrogens with zero attached hydrogens (tertiary/aromatic N) is 7. The summed E-state index contributed by atoms with van der Waals surface area (Å²) in [6, 6.07) is 0. The van der Waals surface area contributed by atoms with Gasteiger partial charge in [-0.25, -0.2) is 19.7 Å². The van der Waals surface area contributed by atoms with Gasteiger partial charge in [-0.1, -0.05) is 11.3 Å². The molecular weight excluding hydrogens is 409 g/mol. The zero-order valence-corrected chi connectivity index (χ0v) is 13.6. The molecule has 0 aliphatic carbocycles. The SMILES string of the molecule is [3H]c1csc(OCc2c(I)ncnc2-n2nnn(C)c2=O)n1. The molecule has 0 radical (unpaired) electrons. The third-order valence-electron chi connectivity index (χ3n) is 2.50. The highest BCUT2D eigenvalue weighted by Gasteiger charge is 2.17. The van der Waals surface area contributed by atoms with Gasteiger partial charge in [-0.3, -0.25) is 0 Å². The molecule has 0 fully saturated rings. The Morgan fingerprint density at radius 1 is 1.43 bits per heavy atom. The molecule has 0 amide bonds. The smallest absolute Gasteiger partial charge is 0.369 e. The highest BCUT2D eigenvalue weighted by Crippen LogP contribution is 2.19. The average molecular weight is 419 g/mol. The molecule has 108 valence electrons. The number of hydrogen-bond donors (Lipinski definition) is 0.